The minimum Gasteiger partial charge on any atom is -0.393 e. The van der Waals surface area contributed by atoms with Gasteiger partial charge in [0.2, 0.25) is 0 Å². The second kappa shape index (κ2) is 6.76. The Morgan fingerprint density at radius 1 is 1.29 bits per heavy atom. The number of nitrogens with two attached hydrogens (primary N) is 1. The molecule has 1 aromatic heterocycles. The zero-order chi connectivity index (χ0) is 17.1. The monoisotopic (exact) mass is 340 g/mol. The normalized spacial score (nSPS) is 10.7. The van der Waals surface area contributed by atoms with Gasteiger partial charge in [-0.25, -0.2) is 4.98 Å². The molecule has 3 rings (SSSR count). The Labute approximate surface area is 143 Å². The van der Waals surface area contributed by atoms with Crippen LogP contribution in [0.4, 0.5) is 11.4 Å². The smallest absolute Gasteiger partial charge is 0.292 e. The standard InChI is InChI=1S/C17H16N4O2S/c1-24-17-19-8-9-20(17)15-5-3-2-4-13(15)10-12-6-7-14(18)16(11-12)21(22)23/h2-9,11H,10,18H2,1H3. The van der Waals surface area contributed by atoms with Crippen LogP contribution in [0.1, 0.15) is 11.1 Å². The van der Waals surface area contributed by atoms with Crippen molar-refractivity contribution in [2.45, 2.75) is 11.6 Å². The van der Waals surface area contributed by atoms with Crippen molar-refractivity contribution in [1.29, 1.82) is 0 Å². The maximum Gasteiger partial charge on any atom is 0.292 e. The van der Waals surface area contributed by atoms with Gasteiger partial charge in [0.25, 0.3) is 5.69 Å². The molecule has 7 heteroatoms. The number of nitrogens with zero attached hydrogens (tertiary/aromatic N) is 3. The lowest BCUT2D eigenvalue weighted by Gasteiger charge is -2.12. The predicted octanol–water partition coefficient (Wildman–Crippen LogP) is 3.68. The number of para-hydroxylation sites is 1. The lowest BCUT2D eigenvalue weighted by atomic mass is 10.0. The number of hydrogen-bond donors (Lipinski definition) is 1. The highest BCUT2D eigenvalue weighted by Gasteiger charge is 2.14. The van der Waals surface area contributed by atoms with Crippen LogP contribution in [0.2, 0.25) is 0 Å². The van der Waals surface area contributed by atoms with Gasteiger partial charge in [0, 0.05) is 18.5 Å². The highest BCUT2D eigenvalue weighted by Crippen LogP contribution is 2.27. The van der Waals surface area contributed by atoms with Crippen molar-refractivity contribution in [3.63, 3.8) is 0 Å². The molecule has 2 N–H and O–H groups in total. The molecule has 24 heavy (non-hydrogen) atoms. The summed E-state index contributed by atoms with van der Waals surface area (Å²) >= 11 is 1.57. The van der Waals surface area contributed by atoms with E-state index >= 15 is 0 Å². The first-order valence-corrected chi connectivity index (χ1v) is 8.51. The first-order chi connectivity index (χ1) is 11.6. The van der Waals surface area contributed by atoms with Gasteiger partial charge >= 0.3 is 0 Å². The summed E-state index contributed by atoms with van der Waals surface area (Å²) in [6.45, 7) is 0. The Morgan fingerprint density at radius 2 is 2.08 bits per heavy atom. The van der Waals surface area contributed by atoms with Crippen LogP contribution in [0, 0.1) is 10.1 Å². The zero-order valence-corrected chi connectivity index (χ0v) is 13.9. The number of imidazole rings is 1. The molecule has 0 atom stereocenters. The Kier molecular flexibility index (Phi) is 4.52. The molecule has 0 aliphatic heterocycles. The van der Waals surface area contributed by atoms with Crippen LogP contribution in [0.25, 0.3) is 5.69 Å². The Hall–Kier alpha value is -2.80. The fraction of sp³-hybridized carbons (Fsp3) is 0.118. The van der Waals surface area contributed by atoms with Crippen LogP contribution in [0.5, 0.6) is 0 Å². The number of hydrogen-bond acceptors (Lipinski definition) is 5. The molecule has 0 aliphatic carbocycles. The van der Waals surface area contributed by atoms with Crippen LogP contribution in [0.15, 0.2) is 60.0 Å². The van der Waals surface area contributed by atoms with Crippen molar-refractivity contribution in [2.24, 2.45) is 0 Å². The van der Waals surface area contributed by atoms with Crippen LogP contribution in [0.3, 0.4) is 0 Å². The molecule has 0 saturated carbocycles. The van der Waals surface area contributed by atoms with Crippen LogP contribution in [-0.2, 0) is 6.42 Å². The maximum absolute atomic E-state index is 11.1. The maximum atomic E-state index is 11.1. The van der Waals surface area contributed by atoms with Gasteiger partial charge in [0.15, 0.2) is 5.16 Å². The molecule has 0 fully saturated rings. The first-order valence-electron chi connectivity index (χ1n) is 7.28. The number of thioether (sulfide) groups is 1. The van der Waals surface area contributed by atoms with E-state index in [-0.39, 0.29) is 11.4 Å². The molecule has 0 bridgehead atoms. The van der Waals surface area contributed by atoms with Gasteiger partial charge in [-0.15, -0.1) is 0 Å². The number of nitro groups is 1. The zero-order valence-electron chi connectivity index (χ0n) is 13.0. The molecular formula is C17H16N4O2S. The van der Waals surface area contributed by atoms with Crippen LogP contribution >= 0.6 is 11.8 Å². The summed E-state index contributed by atoms with van der Waals surface area (Å²) in [5, 5.41) is 12.0. The van der Waals surface area contributed by atoms with Crippen molar-refractivity contribution in [3.8, 4) is 5.69 Å². The lowest BCUT2D eigenvalue weighted by Crippen LogP contribution is -2.02. The topological polar surface area (TPSA) is 87.0 Å². The van der Waals surface area contributed by atoms with Gasteiger partial charge in [-0.3, -0.25) is 14.7 Å². The molecule has 122 valence electrons. The number of aromatic nitrogens is 2. The largest absolute Gasteiger partial charge is 0.393 e. The molecule has 0 amide bonds. The highest BCUT2D eigenvalue weighted by molar-refractivity contribution is 7.98. The first kappa shape index (κ1) is 16.1. The summed E-state index contributed by atoms with van der Waals surface area (Å²) in [6, 6.07) is 12.9. The summed E-state index contributed by atoms with van der Waals surface area (Å²) in [5.41, 5.74) is 8.71. The van der Waals surface area contributed by atoms with E-state index in [1.165, 1.54) is 6.07 Å². The van der Waals surface area contributed by atoms with Crippen LogP contribution < -0.4 is 5.73 Å². The second-order valence-electron chi connectivity index (χ2n) is 5.24. The number of nitro benzene ring substituents is 1. The molecule has 3 aromatic rings. The predicted molar refractivity (Wildman–Crippen MR) is 95.7 cm³/mol. The van der Waals surface area contributed by atoms with Crippen molar-refractivity contribution < 1.29 is 4.92 Å². The van der Waals surface area contributed by atoms with E-state index in [0.29, 0.717) is 6.42 Å². The van der Waals surface area contributed by atoms with E-state index in [1.807, 2.05) is 47.4 Å². The SMILES string of the molecule is CSc1nccn1-c1ccccc1Cc1ccc(N)c([N+](=O)[O-])c1. The minimum absolute atomic E-state index is 0.0579. The lowest BCUT2D eigenvalue weighted by molar-refractivity contribution is -0.383. The summed E-state index contributed by atoms with van der Waals surface area (Å²) in [6.07, 6.45) is 6.22. The van der Waals surface area contributed by atoms with Crippen molar-refractivity contribution in [3.05, 3.63) is 76.1 Å². The van der Waals surface area contributed by atoms with E-state index in [0.717, 1.165) is 22.0 Å². The van der Waals surface area contributed by atoms with E-state index in [9.17, 15) is 10.1 Å². The van der Waals surface area contributed by atoms with Crippen molar-refractivity contribution in [2.75, 3.05) is 12.0 Å². The van der Waals surface area contributed by atoms with Crippen molar-refractivity contribution >= 4 is 23.1 Å². The molecule has 1 heterocycles. The Morgan fingerprint density at radius 3 is 2.83 bits per heavy atom. The van der Waals surface area contributed by atoms with E-state index in [2.05, 4.69) is 4.98 Å². The number of nitrogen functional groups attached to an aromatic ring is 1. The molecular weight excluding hydrogens is 324 g/mol. The molecule has 0 radical (unpaired) electrons. The van der Waals surface area contributed by atoms with Crippen LogP contribution in [-0.4, -0.2) is 20.7 Å². The fourth-order valence-electron chi connectivity index (χ4n) is 2.60. The minimum atomic E-state index is -0.452. The second-order valence-corrected chi connectivity index (χ2v) is 6.01. The third kappa shape index (κ3) is 3.11. The van der Waals surface area contributed by atoms with Gasteiger partial charge in [0.1, 0.15) is 5.69 Å². The van der Waals surface area contributed by atoms with E-state index in [4.69, 9.17) is 5.73 Å². The van der Waals surface area contributed by atoms with E-state index in [1.54, 1.807) is 24.0 Å². The molecule has 6 nitrogen and oxygen atoms in total. The van der Waals surface area contributed by atoms with Gasteiger partial charge in [-0.2, -0.15) is 0 Å². The fourth-order valence-corrected chi connectivity index (χ4v) is 3.12. The van der Waals surface area contributed by atoms with Gasteiger partial charge in [-0.05, 0) is 35.9 Å². The van der Waals surface area contributed by atoms with E-state index < -0.39 is 4.92 Å². The summed E-state index contributed by atoms with van der Waals surface area (Å²) in [5.74, 6) is 0. The number of anilines is 1. The summed E-state index contributed by atoms with van der Waals surface area (Å²) in [7, 11) is 0. The van der Waals surface area contributed by atoms with Gasteiger partial charge < -0.3 is 5.73 Å². The number of benzene rings is 2. The van der Waals surface area contributed by atoms with Gasteiger partial charge in [-0.1, -0.05) is 36.0 Å². The van der Waals surface area contributed by atoms with Gasteiger partial charge in [0.05, 0.1) is 10.6 Å². The average molecular weight is 340 g/mol. The third-order valence-corrected chi connectivity index (χ3v) is 4.39. The molecule has 0 unspecified atom stereocenters. The van der Waals surface area contributed by atoms with Crippen molar-refractivity contribution in [1.82, 2.24) is 9.55 Å². The molecule has 0 aliphatic rings. The Balaban J connectivity index is 2.00. The highest BCUT2D eigenvalue weighted by atomic mass is 32.2. The molecule has 0 spiro atoms. The molecule has 2 aromatic carbocycles. The summed E-state index contributed by atoms with van der Waals surface area (Å²) in [4.78, 5) is 15.0. The average Bonchev–Trinajstić information content (AvgIpc) is 3.05. The third-order valence-electron chi connectivity index (χ3n) is 3.73. The Bertz CT molecular complexity index is 892. The summed E-state index contributed by atoms with van der Waals surface area (Å²) < 4.78 is 2.02. The number of rotatable bonds is 5. The quantitative estimate of drug-likeness (QED) is 0.331. The molecule has 0 saturated heterocycles.